The van der Waals surface area contributed by atoms with Gasteiger partial charge in [0, 0.05) is 50.0 Å². The lowest BCUT2D eigenvalue weighted by Gasteiger charge is -2.36. The minimum atomic E-state index is -0.400. The number of morpholine rings is 1. The van der Waals surface area contributed by atoms with Gasteiger partial charge in [0.1, 0.15) is 0 Å². The number of hydrogen-bond acceptors (Lipinski definition) is 6. The lowest BCUT2D eigenvalue weighted by Crippen LogP contribution is -2.47. The lowest BCUT2D eigenvalue weighted by atomic mass is 10.2. The van der Waals surface area contributed by atoms with Gasteiger partial charge in [-0.15, -0.1) is 0 Å². The first-order valence-electron chi connectivity index (χ1n) is 7.25. The van der Waals surface area contributed by atoms with E-state index in [9.17, 15) is 10.1 Å². The maximum atomic E-state index is 11.2. The second-order valence-electron chi connectivity index (χ2n) is 5.69. The molecule has 0 saturated carbocycles. The molecule has 1 saturated heterocycles. The number of aromatic nitrogens is 1. The second-order valence-corrected chi connectivity index (χ2v) is 6.61. The van der Waals surface area contributed by atoms with Crippen LogP contribution in [-0.2, 0) is 4.74 Å². The van der Waals surface area contributed by atoms with Gasteiger partial charge < -0.3 is 9.64 Å². The zero-order valence-corrected chi connectivity index (χ0v) is 14.6. The molecule has 0 spiro atoms. The van der Waals surface area contributed by atoms with E-state index in [2.05, 4.69) is 39.7 Å². The Bertz CT molecular complexity index is 533. The van der Waals surface area contributed by atoms with Crippen molar-refractivity contribution in [2.45, 2.75) is 26.1 Å². The molecule has 1 aromatic rings. The number of ether oxygens (including phenoxy) is 1. The highest BCUT2D eigenvalue weighted by atomic mass is 79.9. The van der Waals surface area contributed by atoms with Gasteiger partial charge in [-0.2, -0.15) is 0 Å². The summed E-state index contributed by atoms with van der Waals surface area (Å²) in [7, 11) is 1.83. The van der Waals surface area contributed by atoms with Gasteiger partial charge in [0.2, 0.25) is 5.82 Å². The molecule has 0 N–H and O–H groups in total. The topological polar surface area (TPSA) is 71.7 Å². The van der Waals surface area contributed by atoms with Crippen molar-refractivity contribution in [3.63, 3.8) is 0 Å². The Morgan fingerprint density at radius 2 is 2.14 bits per heavy atom. The third-order valence-electron chi connectivity index (χ3n) is 3.62. The van der Waals surface area contributed by atoms with Gasteiger partial charge in [0.25, 0.3) is 0 Å². The molecule has 2 atom stereocenters. The Labute approximate surface area is 138 Å². The van der Waals surface area contributed by atoms with Crippen molar-refractivity contribution >= 4 is 27.4 Å². The van der Waals surface area contributed by atoms with Crippen LogP contribution >= 0.6 is 15.9 Å². The van der Waals surface area contributed by atoms with Gasteiger partial charge in [-0.3, -0.25) is 15.0 Å². The van der Waals surface area contributed by atoms with Crippen LogP contribution in [0.1, 0.15) is 13.8 Å². The molecule has 1 aliphatic rings. The summed E-state index contributed by atoms with van der Waals surface area (Å²) >= 11 is 3.22. The number of anilines is 1. The first-order valence-corrected chi connectivity index (χ1v) is 8.05. The quantitative estimate of drug-likeness (QED) is 0.583. The smallest absolute Gasteiger partial charge is 0.312 e. The third kappa shape index (κ3) is 4.37. The molecule has 1 aromatic heterocycles. The van der Waals surface area contributed by atoms with Crippen molar-refractivity contribution in [3.05, 3.63) is 26.9 Å². The third-order valence-corrected chi connectivity index (χ3v) is 4.05. The zero-order chi connectivity index (χ0) is 16.3. The van der Waals surface area contributed by atoms with Gasteiger partial charge in [-0.1, -0.05) is 0 Å². The van der Waals surface area contributed by atoms with Crippen molar-refractivity contribution < 1.29 is 9.66 Å². The van der Waals surface area contributed by atoms with Crippen molar-refractivity contribution in [2.24, 2.45) is 0 Å². The van der Waals surface area contributed by atoms with E-state index in [1.807, 2.05) is 11.9 Å². The van der Waals surface area contributed by atoms with Crippen LogP contribution in [0.4, 0.5) is 11.5 Å². The maximum absolute atomic E-state index is 11.2. The minimum absolute atomic E-state index is 0.0144. The van der Waals surface area contributed by atoms with Crippen molar-refractivity contribution in [1.29, 1.82) is 0 Å². The van der Waals surface area contributed by atoms with E-state index in [-0.39, 0.29) is 17.9 Å². The van der Waals surface area contributed by atoms with Crippen LogP contribution in [0.25, 0.3) is 0 Å². The summed E-state index contributed by atoms with van der Waals surface area (Å²) in [4.78, 5) is 19.1. The van der Waals surface area contributed by atoms with Crippen molar-refractivity contribution in [1.82, 2.24) is 9.88 Å². The number of likely N-dealkylation sites (N-methyl/N-ethyl adjacent to an activating group) is 1. The minimum Gasteiger partial charge on any atom is -0.373 e. The molecular formula is C14H21BrN4O3. The largest absolute Gasteiger partial charge is 0.373 e. The maximum Gasteiger partial charge on any atom is 0.312 e. The van der Waals surface area contributed by atoms with Gasteiger partial charge >= 0.3 is 5.69 Å². The average Bonchev–Trinajstić information content (AvgIpc) is 2.43. The molecule has 7 nitrogen and oxygen atoms in total. The standard InChI is InChI=1S/C14H21BrN4O3/c1-10-8-18(9-11(2)22-10)5-4-17(3)14-13(19(20)21)6-12(15)7-16-14/h6-7,10-11H,4-5,8-9H2,1-3H3/t10-,11+. The summed E-state index contributed by atoms with van der Waals surface area (Å²) < 4.78 is 6.31. The Balaban J connectivity index is 2.00. The number of nitrogens with zero attached hydrogens (tertiary/aromatic N) is 4. The molecule has 0 bridgehead atoms. The van der Waals surface area contributed by atoms with Crippen LogP contribution < -0.4 is 4.90 Å². The van der Waals surface area contributed by atoms with Crippen LogP contribution in [-0.4, -0.2) is 60.2 Å². The summed E-state index contributed by atoms with van der Waals surface area (Å²) in [5, 5.41) is 11.2. The zero-order valence-electron chi connectivity index (χ0n) is 13.0. The molecule has 0 unspecified atom stereocenters. The van der Waals surface area contributed by atoms with Crippen LogP contribution in [0.3, 0.4) is 0 Å². The molecule has 2 heterocycles. The van der Waals surface area contributed by atoms with E-state index >= 15 is 0 Å². The molecule has 22 heavy (non-hydrogen) atoms. The molecule has 1 aliphatic heterocycles. The predicted molar refractivity (Wildman–Crippen MR) is 88.3 cm³/mol. The monoisotopic (exact) mass is 372 g/mol. The van der Waals surface area contributed by atoms with Crippen LogP contribution in [0.5, 0.6) is 0 Å². The van der Waals surface area contributed by atoms with Crippen LogP contribution in [0.2, 0.25) is 0 Å². The number of nitro groups is 1. The molecule has 0 aliphatic carbocycles. The first-order chi connectivity index (χ1) is 10.4. The van der Waals surface area contributed by atoms with Gasteiger partial charge in [-0.25, -0.2) is 4.98 Å². The van der Waals surface area contributed by atoms with E-state index in [4.69, 9.17) is 4.74 Å². The number of hydrogen-bond donors (Lipinski definition) is 0. The van der Waals surface area contributed by atoms with Gasteiger partial charge in [0.05, 0.1) is 17.1 Å². The number of pyridine rings is 1. The SMILES string of the molecule is C[C@@H]1CN(CCN(C)c2ncc(Br)cc2[N+](=O)[O-])C[C@H](C)O1. The molecule has 1 fully saturated rings. The molecule has 0 radical (unpaired) electrons. The van der Waals surface area contributed by atoms with Crippen LogP contribution in [0, 0.1) is 10.1 Å². The normalized spacial score (nSPS) is 22.5. The summed E-state index contributed by atoms with van der Waals surface area (Å²) in [6.07, 6.45) is 2.01. The van der Waals surface area contributed by atoms with E-state index < -0.39 is 4.92 Å². The summed E-state index contributed by atoms with van der Waals surface area (Å²) in [6.45, 7) is 7.39. The molecule has 122 valence electrons. The predicted octanol–water partition coefficient (Wildman–Crippen LogP) is 2.30. The Morgan fingerprint density at radius 3 is 2.73 bits per heavy atom. The molecule has 2 rings (SSSR count). The van der Waals surface area contributed by atoms with E-state index in [0.717, 1.165) is 19.6 Å². The average molecular weight is 373 g/mol. The fourth-order valence-electron chi connectivity index (χ4n) is 2.71. The lowest BCUT2D eigenvalue weighted by molar-refractivity contribution is -0.384. The molecular weight excluding hydrogens is 352 g/mol. The van der Waals surface area contributed by atoms with Crippen LogP contribution in [0.15, 0.2) is 16.7 Å². The first kappa shape index (κ1) is 17.1. The number of rotatable bonds is 5. The van der Waals surface area contributed by atoms with E-state index in [0.29, 0.717) is 16.8 Å². The van der Waals surface area contributed by atoms with E-state index in [1.54, 1.807) is 6.20 Å². The summed E-state index contributed by atoms with van der Waals surface area (Å²) in [6, 6.07) is 1.48. The Morgan fingerprint density at radius 1 is 1.50 bits per heavy atom. The summed E-state index contributed by atoms with van der Waals surface area (Å²) in [5.74, 6) is 0.391. The highest BCUT2D eigenvalue weighted by molar-refractivity contribution is 9.10. The number of halogens is 1. The van der Waals surface area contributed by atoms with Gasteiger partial charge in [0.15, 0.2) is 0 Å². The second kappa shape index (κ2) is 7.34. The van der Waals surface area contributed by atoms with Gasteiger partial charge in [-0.05, 0) is 29.8 Å². The molecule has 8 heteroatoms. The Hall–Kier alpha value is -1.25. The fraction of sp³-hybridized carbons (Fsp3) is 0.643. The Kier molecular flexibility index (Phi) is 5.71. The molecule has 0 aromatic carbocycles. The highest BCUT2D eigenvalue weighted by Crippen LogP contribution is 2.27. The molecule has 0 amide bonds. The fourth-order valence-corrected chi connectivity index (χ4v) is 3.03. The van der Waals surface area contributed by atoms with E-state index in [1.165, 1.54) is 6.07 Å². The van der Waals surface area contributed by atoms with Crippen molar-refractivity contribution in [2.75, 3.05) is 38.1 Å². The van der Waals surface area contributed by atoms with Crippen molar-refractivity contribution in [3.8, 4) is 0 Å². The summed E-state index contributed by atoms with van der Waals surface area (Å²) in [5.41, 5.74) is 0.0144. The highest BCUT2D eigenvalue weighted by Gasteiger charge is 2.24.